The molecule has 2 N–H and O–H groups in total. The summed E-state index contributed by atoms with van der Waals surface area (Å²) in [5.74, 6) is -0.898. The van der Waals surface area contributed by atoms with Crippen molar-refractivity contribution in [2.24, 2.45) is 0 Å². The Bertz CT molecular complexity index is 303. The number of imidazole rings is 1. The van der Waals surface area contributed by atoms with Gasteiger partial charge in [0.05, 0.1) is 5.69 Å². The van der Waals surface area contributed by atoms with Gasteiger partial charge >= 0.3 is 5.97 Å². The second-order valence-electron chi connectivity index (χ2n) is 2.21. The molecule has 0 saturated carbocycles. The van der Waals surface area contributed by atoms with Gasteiger partial charge in [-0.25, -0.2) is 9.78 Å². The molecule has 0 atom stereocenters. The number of hydrogen-bond acceptors (Lipinski definition) is 3. The second-order valence-corrected chi connectivity index (χ2v) is 2.21. The van der Waals surface area contributed by atoms with Crippen molar-refractivity contribution < 1.29 is 15.1 Å². The number of carboxylic acids is 1. The maximum absolute atomic E-state index is 10.4. The summed E-state index contributed by atoms with van der Waals surface area (Å²) < 4.78 is 0.567. The minimum atomic E-state index is -1.18. The van der Waals surface area contributed by atoms with Crippen molar-refractivity contribution in [2.75, 3.05) is 0 Å². The van der Waals surface area contributed by atoms with Crippen LogP contribution in [0.15, 0.2) is 0 Å². The summed E-state index contributed by atoms with van der Waals surface area (Å²) in [6.07, 6.45) is 0. The van der Waals surface area contributed by atoms with Crippen molar-refractivity contribution in [1.29, 1.82) is 0 Å². The average molecular weight is 156 g/mol. The number of nitrogens with zero attached hydrogens (tertiary/aromatic N) is 2. The Morgan fingerprint density at radius 2 is 2.09 bits per heavy atom. The van der Waals surface area contributed by atoms with Crippen molar-refractivity contribution in [1.82, 2.24) is 9.71 Å². The van der Waals surface area contributed by atoms with E-state index in [1.807, 2.05) is 0 Å². The lowest BCUT2D eigenvalue weighted by atomic mass is 10.3. The van der Waals surface area contributed by atoms with Crippen molar-refractivity contribution in [3.8, 4) is 0 Å². The summed E-state index contributed by atoms with van der Waals surface area (Å²) in [5.41, 5.74) is 0.139. The average Bonchev–Trinajstić information content (AvgIpc) is 2.07. The molecule has 0 saturated heterocycles. The first-order valence-corrected chi connectivity index (χ1v) is 3.02. The number of rotatable bonds is 1. The molecule has 0 amide bonds. The molecule has 0 aromatic carbocycles. The lowest BCUT2D eigenvalue weighted by Gasteiger charge is -1.95. The van der Waals surface area contributed by atoms with Crippen molar-refractivity contribution in [3.63, 3.8) is 0 Å². The van der Waals surface area contributed by atoms with Crippen LogP contribution in [-0.2, 0) is 0 Å². The maximum atomic E-state index is 10.4. The number of aromatic nitrogens is 2. The zero-order valence-electron chi connectivity index (χ0n) is 6.20. The number of carbonyl (C=O) groups is 1. The van der Waals surface area contributed by atoms with Gasteiger partial charge in [-0.2, -0.15) is 4.73 Å². The second kappa shape index (κ2) is 2.26. The highest BCUT2D eigenvalue weighted by Gasteiger charge is 2.16. The topological polar surface area (TPSA) is 75.3 Å². The van der Waals surface area contributed by atoms with Gasteiger partial charge in [-0.3, -0.25) is 0 Å². The Labute approximate surface area is 62.9 Å². The van der Waals surface area contributed by atoms with Crippen LogP contribution >= 0.6 is 0 Å². The molecule has 0 aliphatic heterocycles. The van der Waals surface area contributed by atoms with Crippen molar-refractivity contribution >= 4 is 5.97 Å². The third kappa shape index (κ3) is 1.04. The molecule has 0 fully saturated rings. The van der Waals surface area contributed by atoms with E-state index in [0.29, 0.717) is 10.4 Å². The van der Waals surface area contributed by atoms with Crippen LogP contribution in [0.2, 0.25) is 0 Å². The van der Waals surface area contributed by atoms with Gasteiger partial charge in [-0.1, -0.05) is 0 Å². The van der Waals surface area contributed by atoms with Crippen LogP contribution in [0.1, 0.15) is 22.0 Å². The highest BCUT2D eigenvalue weighted by Crippen LogP contribution is 2.07. The first-order valence-electron chi connectivity index (χ1n) is 3.02. The fourth-order valence-corrected chi connectivity index (χ4v) is 0.903. The van der Waals surface area contributed by atoms with Gasteiger partial charge in [0.15, 0.2) is 5.69 Å². The quantitative estimate of drug-likeness (QED) is 0.578. The molecule has 1 aromatic rings. The zero-order valence-corrected chi connectivity index (χ0v) is 6.20. The molecule has 0 aliphatic carbocycles. The van der Waals surface area contributed by atoms with Gasteiger partial charge < -0.3 is 10.3 Å². The van der Waals surface area contributed by atoms with Crippen LogP contribution in [0.3, 0.4) is 0 Å². The van der Waals surface area contributed by atoms with Crippen molar-refractivity contribution in [2.45, 2.75) is 13.8 Å². The molecule has 0 radical (unpaired) electrons. The first-order chi connectivity index (χ1) is 5.04. The third-order valence-electron chi connectivity index (χ3n) is 1.39. The van der Waals surface area contributed by atoms with Crippen LogP contribution in [-0.4, -0.2) is 26.0 Å². The monoisotopic (exact) mass is 156 g/mol. The molecule has 0 unspecified atom stereocenters. The predicted molar refractivity (Wildman–Crippen MR) is 35.8 cm³/mol. The molecule has 5 heteroatoms. The maximum Gasteiger partial charge on any atom is 0.357 e. The summed E-state index contributed by atoms with van der Waals surface area (Å²) in [5, 5.41) is 17.6. The summed E-state index contributed by atoms with van der Waals surface area (Å²) in [6, 6.07) is 0. The van der Waals surface area contributed by atoms with Gasteiger partial charge in [0.25, 0.3) is 0 Å². The molecule has 5 nitrogen and oxygen atoms in total. The van der Waals surface area contributed by atoms with E-state index in [1.165, 1.54) is 13.8 Å². The fourth-order valence-electron chi connectivity index (χ4n) is 0.903. The molecular formula is C6H8N2O3. The smallest absolute Gasteiger partial charge is 0.357 e. The Morgan fingerprint density at radius 1 is 1.55 bits per heavy atom. The molecule has 60 valence electrons. The fraction of sp³-hybridized carbons (Fsp3) is 0.333. The highest BCUT2D eigenvalue weighted by molar-refractivity contribution is 5.86. The van der Waals surface area contributed by atoms with E-state index >= 15 is 0 Å². The number of aromatic carboxylic acids is 1. The summed E-state index contributed by atoms with van der Waals surface area (Å²) in [4.78, 5) is 14.2. The Hall–Kier alpha value is -1.52. The van der Waals surface area contributed by atoms with E-state index in [1.54, 1.807) is 0 Å². The van der Waals surface area contributed by atoms with E-state index in [2.05, 4.69) is 4.98 Å². The number of carboxylic acid groups (broad SMARTS) is 1. The molecule has 1 heterocycles. The summed E-state index contributed by atoms with van der Waals surface area (Å²) in [6.45, 7) is 3.06. The molecule has 11 heavy (non-hydrogen) atoms. The lowest BCUT2D eigenvalue weighted by Crippen LogP contribution is -2.07. The SMILES string of the molecule is Cc1nc(C)n(O)c1C(=O)O. The molecule has 0 aliphatic rings. The molecule has 0 bridgehead atoms. The van der Waals surface area contributed by atoms with Crippen LogP contribution in [0.4, 0.5) is 0 Å². The summed E-state index contributed by atoms with van der Waals surface area (Å²) in [7, 11) is 0. The first kappa shape index (κ1) is 7.59. The largest absolute Gasteiger partial charge is 0.476 e. The van der Waals surface area contributed by atoms with Crippen LogP contribution in [0, 0.1) is 13.8 Å². The van der Waals surface area contributed by atoms with E-state index < -0.39 is 5.97 Å². The van der Waals surface area contributed by atoms with E-state index in [-0.39, 0.29) is 11.5 Å². The van der Waals surface area contributed by atoms with Gasteiger partial charge in [-0.15, -0.1) is 0 Å². The summed E-state index contributed by atoms with van der Waals surface area (Å²) >= 11 is 0. The Kier molecular flexibility index (Phi) is 1.56. The molecule has 0 spiro atoms. The van der Waals surface area contributed by atoms with E-state index in [0.717, 1.165) is 0 Å². The van der Waals surface area contributed by atoms with Crippen molar-refractivity contribution in [3.05, 3.63) is 17.2 Å². The van der Waals surface area contributed by atoms with E-state index in [9.17, 15) is 4.79 Å². The van der Waals surface area contributed by atoms with Gasteiger partial charge in [-0.05, 0) is 13.8 Å². The van der Waals surface area contributed by atoms with Crippen LogP contribution in [0.5, 0.6) is 0 Å². The van der Waals surface area contributed by atoms with Gasteiger partial charge in [0.1, 0.15) is 5.82 Å². The highest BCUT2D eigenvalue weighted by atomic mass is 16.5. The standard InChI is InChI=1S/C6H8N2O3/c1-3-5(6(9)10)8(11)4(2)7-3/h11H,1-2H3,(H,9,10). The number of hydrogen-bond donors (Lipinski definition) is 2. The minimum absolute atomic E-state index is 0.178. The zero-order chi connectivity index (χ0) is 8.59. The molecule has 1 aromatic heterocycles. The lowest BCUT2D eigenvalue weighted by molar-refractivity contribution is 0.0640. The van der Waals surface area contributed by atoms with Crippen LogP contribution in [0.25, 0.3) is 0 Å². The van der Waals surface area contributed by atoms with Gasteiger partial charge in [0, 0.05) is 0 Å². The van der Waals surface area contributed by atoms with Gasteiger partial charge in [0.2, 0.25) is 0 Å². The predicted octanol–water partition coefficient (Wildman–Crippen LogP) is 0.435. The Balaban J connectivity index is 3.34. The van der Waals surface area contributed by atoms with E-state index in [4.69, 9.17) is 10.3 Å². The normalized spacial score (nSPS) is 10.0. The minimum Gasteiger partial charge on any atom is -0.476 e. The third-order valence-corrected chi connectivity index (χ3v) is 1.39. The number of aryl methyl sites for hydroxylation is 2. The molecular weight excluding hydrogens is 148 g/mol. The van der Waals surface area contributed by atoms with Crippen LogP contribution < -0.4 is 0 Å². The Morgan fingerprint density at radius 3 is 2.27 bits per heavy atom. The molecule has 1 rings (SSSR count).